The average molecular weight is 215 g/mol. The Balaban J connectivity index is 2.35. The van der Waals surface area contributed by atoms with Gasteiger partial charge in [0.1, 0.15) is 5.76 Å². The summed E-state index contributed by atoms with van der Waals surface area (Å²) in [5.74, 6) is -0.760. The first-order valence-electron chi connectivity index (χ1n) is 4.45. The first-order valence-corrected chi connectivity index (χ1v) is 4.45. The lowest BCUT2D eigenvalue weighted by Crippen LogP contribution is -2.28. The highest BCUT2D eigenvalue weighted by atomic mass is 16.4. The lowest BCUT2D eigenvalue weighted by atomic mass is 10.3. The van der Waals surface area contributed by atoms with Crippen LogP contribution in [0.2, 0.25) is 0 Å². The molecule has 6 heteroatoms. The summed E-state index contributed by atoms with van der Waals surface area (Å²) in [7, 11) is 0. The summed E-state index contributed by atoms with van der Waals surface area (Å²) in [5.41, 5.74) is 0. The molecular weight excluding hydrogens is 202 g/mol. The van der Waals surface area contributed by atoms with Gasteiger partial charge in [0.05, 0.1) is 19.3 Å². The number of hydrogen-bond donors (Lipinski definition) is 4. The Morgan fingerprint density at radius 1 is 1.53 bits per heavy atom. The number of aromatic carboxylic acids is 1. The van der Waals surface area contributed by atoms with Crippen molar-refractivity contribution in [1.29, 1.82) is 0 Å². The maximum atomic E-state index is 10.5. The van der Waals surface area contributed by atoms with Gasteiger partial charge < -0.3 is 25.1 Å². The van der Waals surface area contributed by atoms with Crippen molar-refractivity contribution in [3.05, 3.63) is 23.7 Å². The average Bonchev–Trinajstić information content (AvgIpc) is 2.66. The molecule has 0 aliphatic rings. The Hall–Kier alpha value is -1.37. The van der Waals surface area contributed by atoms with E-state index in [-0.39, 0.29) is 18.9 Å². The second-order valence-electron chi connectivity index (χ2n) is 3.04. The van der Waals surface area contributed by atoms with Gasteiger partial charge >= 0.3 is 5.97 Å². The van der Waals surface area contributed by atoms with Crippen LogP contribution in [0.15, 0.2) is 16.5 Å². The summed E-state index contributed by atoms with van der Waals surface area (Å²) in [5, 5.41) is 28.9. The van der Waals surface area contributed by atoms with Crippen LogP contribution in [0.1, 0.15) is 16.3 Å². The summed E-state index contributed by atoms with van der Waals surface area (Å²) >= 11 is 0. The Kier molecular flexibility index (Phi) is 4.29. The van der Waals surface area contributed by atoms with Gasteiger partial charge in [-0.25, -0.2) is 4.79 Å². The molecule has 1 rings (SSSR count). The molecule has 1 aromatic heterocycles. The predicted octanol–water partition coefficient (Wildman–Crippen LogP) is -0.579. The van der Waals surface area contributed by atoms with Gasteiger partial charge in [0.2, 0.25) is 5.76 Å². The normalized spacial score (nSPS) is 12.7. The topological polar surface area (TPSA) is 103 Å². The first-order chi connectivity index (χ1) is 7.13. The molecule has 84 valence electrons. The fourth-order valence-corrected chi connectivity index (χ4v) is 1.01. The van der Waals surface area contributed by atoms with Gasteiger partial charge in [-0.05, 0) is 12.1 Å². The molecule has 6 nitrogen and oxygen atoms in total. The molecule has 0 aromatic carbocycles. The third-order valence-corrected chi connectivity index (χ3v) is 1.76. The quantitative estimate of drug-likeness (QED) is 0.506. The van der Waals surface area contributed by atoms with E-state index in [4.69, 9.17) is 19.7 Å². The second-order valence-corrected chi connectivity index (χ2v) is 3.04. The van der Waals surface area contributed by atoms with E-state index in [2.05, 4.69) is 5.32 Å². The maximum Gasteiger partial charge on any atom is 0.371 e. The molecule has 0 saturated heterocycles. The van der Waals surface area contributed by atoms with Gasteiger partial charge in [0, 0.05) is 6.54 Å². The van der Waals surface area contributed by atoms with E-state index in [9.17, 15) is 4.79 Å². The van der Waals surface area contributed by atoms with Gasteiger partial charge in [0.15, 0.2) is 0 Å². The van der Waals surface area contributed by atoms with Crippen LogP contribution >= 0.6 is 0 Å². The fraction of sp³-hybridized carbons (Fsp3) is 0.444. The van der Waals surface area contributed by atoms with E-state index in [1.165, 1.54) is 6.07 Å². The Labute approximate surface area is 86.1 Å². The molecule has 1 unspecified atom stereocenters. The van der Waals surface area contributed by atoms with E-state index in [1.807, 2.05) is 0 Å². The van der Waals surface area contributed by atoms with Crippen molar-refractivity contribution in [2.45, 2.75) is 12.6 Å². The standard InChI is InChI=1S/C9H13NO5/c11-5-6(12)3-10-4-7-1-2-8(15-7)9(13)14/h1-2,6,10-12H,3-5H2,(H,13,14). The maximum absolute atomic E-state index is 10.5. The van der Waals surface area contributed by atoms with Crippen molar-refractivity contribution in [1.82, 2.24) is 5.32 Å². The van der Waals surface area contributed by atoms with Crippen molar-refractivity contribution in [3.8, 4) is 0 Å². The van der Waals surface area contributed by atoms with Gasteiger partial charge in [-0.3, -0.25) is 0 Å². The van der Waals surface area contributed by atoms with E-state index in [0.717, 1.165) is 0 Å². The molecule has 4 N–H and O–H groups in total. The number of carboxylic acids is 1. The van der Waals surface area contributed by atoms with E-state index in [0.29, 0.717) is 12.3 Å². The summed E-state index contributed by atoms with van der Waals surface area (Å²) in [6, 6.07) is 2.91. The summed E-state index contributed by atoms with van der Waals surface area (Å²) in [6.07, 6.45) is -0.820. The molecule has 1 aromatic rings. The number of hydrogen-bond acceptors (Lipinski definition) is 5. The van der Waals surface area contributed by atoms with Crippen LogP contribution in [0.5, 0.6) is 0 Å². The Morgan fingerprint density at radius 3 is 2.80 bits per heavy atom. The first kappa shape index (κ1) is 11.7. The highest BCUT2D eigenvalue weighted by Crippen LogP contribution is 2.07. The minimum absolute atomic E-state index is 0.116. The lowest BCUT2D eigenvalue weighted by Gasteiger charge is -2.06. The zero-order valence-electron chi connectivity index (χ0n) is 8.01. The van der Waals surface area contributed by atoms with Crippen molar-refractivity contribution in [3.63, 3.8) is 0 Å². The van der Waals surface area contributed by atoms with Crippen LogP contribution in [-0.2, 0) is 6.54 Å². The van der Waals surface area contributed by atoms with Crippen LogP contribution in [0.25, 0.3) is 0 Å². The third kappa shape index (κ3) is 3.70. The smallest absolute Gasteiger partial charge is 0.371 e. The Morgan fingerprint density at radius 2 is 2.27 bits per heavy atom. The van der Waals surface area contributed by atoms with Gasteiger partial charge in [-0.1, -0.05) is 0 Å². The number of aliphatic hydroxyl groups excluding tert-OH is 2. The number of furan rings is 1. The molecule has 0 aliphatic carbocycles. The molecule has 0 amide bonds. The Bertz CT molecular complexity index is 322. The molecule has 0 spiro atoms. The zero-order valence-corrected chi connectivity index (χ0v) is 8.01. The van der Waals surface area contributed by atoms with Gasteiger partial charge in [0.25, 0.3) is 0 Å². The summed E-state index contributed by atoms with van der Waals surface area (Å²) in [6.45, 7) is 0.218. The minimum Gasteiger partial charge on any atom is -0.475 e. The fourth-order valence-electron chi connectivity index (χ4n) is 1.01. The molecule has 1 heterocycles. The number of nitrogens with one attached hydrogen (secondary N) is 1. The van der Waals surface area contributed by atoms with Crippen LogP contribution in [-0.4, -0.2) is 40.5 Å². The van der Waals surface area contributed by atoms with Crippen LogP contribution in [0, 0.1) is 0 Å². The number of carboxylic acid groups (broad SMARTS) is 1. The van der Waals surface area contributed by atoms with Crippen LogP contribution < -0.4 is 5.32 Å². The number of aliphatic hydroxyl groups is 2. The minimum atomic E-state index is -1.11. The van der Waals surface area contributed by atoms with Crippen molar-refractivity contribution >= 4 is 5.97 Å². The summed E-state index contributed by atoms with van der Waals surface area (Å²) < 4.78 is 4.95. The molecule has 0 saturated carbocycles. The van der Waals surface area contributed by atoms with Crippen LogP contribution in [0.4, 0.5) is 0 Å². The highest BCUT2D eigenvalue weighted by Gasteiger charge is 2.08. The highest BCUT2D eigenvalue weighted by molar-refractivity contribution is 5.84. The molecular formula is C9H13NO5. The SMILES string of the molecule is O=C(O)c1ccc(CNCC(O)CO)o1. The number of rotatable bonds is 6. The second kappa shape index (κ2) is 5.50. The summed E-state index contributed by atoms with van der Waals surface area (Å²) in [4.78, 5) is 10.5. The van der Waals surface area contributed by atoms with E-state index >= 15 is 0 Å². The molecule has 1 atom stereocenters. The molecule has 0 aliphatic heterocycles. The van der Waals surface area contributed by atoms with Crippen molar-refractivity contribution < 1.29 is 24.5 Å². The van der Waals surface area contributed by atoms with Gasteiger partial charge in [-0.15, -0.1) is 0 Å². The lowest BCUT2D eigenvalue weighted by molar-refractivity contribution is 0.0659. The van der Waals surface area contributed by atoms with E-state index < -0.39 is 12.1 Å². The predicted molar refractivity (Wildman–Crippen MR) is 50.5 cm³/mol. The number of carbonyl (C=O) groups is 1. The largest absolute Gasteiger partial charge is 0.475 e. The van der Waals surface area contributed by atoms with E-state index in [1.54, 1.807) is 6.07 Å². The molecule has 0 bridgehead atoms. The van der Waals surface area contributed by atoms with Gasteiger partial charge in [-0.2, -0.15) is 0 Å². The van der Waals surface area contributed by atoms with Crippen LogP contribution in [0.3, 0.4) is 0 Å². The van der Waals surface area contributed by atoms with Crippen molar-refractivity contribution in [2.75, 3.05) is 13.2 Å². The third-order valence-electron chi connectivity index (χ3n) is 1.76. The monoisotopic (exact) mass is 215 g/mol. The molecule has 0 fully saturated rings. The molecule has 0 radical (unpaired) electrons. The molecule has 15 heavy (non-hydrogen) atoms. The zero-order chi connectivity index (χ0) is 11.3. The van der Waals surface area contributed by atoms with Crippen molar-refractivity contribution in [2.24, 2.45) is 0 Å².